The van der Waals surface area contributed by atoms with Gasteiger partial charge in [0.05, 0.1) is 11.3 Å². The van der Waals surface area contributed by atoms with E-state index in [0.29, 0.717) is 28.4 Å². The number of nitrogens with one attached hydrogen (secondary N) is 2. The maximum atomic E-state index is 12.8. The van der Waals surface area contributed by atoms with Crippen LogP contribution in [0.3, 0.4) is 0 Å². The monoisotopic (exact) mass is 438 g/mol. The van der Waals surface area contributed by atoms with Gasteiger partial charge in [-0.2, -0.15) is 10.2 Å². The number of fused-ring (bicyclic) bond motifs is 1. The summed E-state index contributed by atoms with van der Waals surface area (Å²) in [5.41, 5.74) is 4.25. The summed E-state index contributed by atoms with van der Waals surface area (Å²) in [4.78, 5) is 17.2. The molecule has 2 heterocycles. The first-order valence-corrected chi connectivity index (χ1v) is 10.8. The van der Waals surface area contributed by atoms with Gasteiger partial charge in [0.2, 0.25) is 5.95 Å². The summed E-state index contributed by atoms with van der Waals surface area (Å²) >= 11 is 0. The summed E-state index contributed by atoms with van der Waals surface area (Å²) in [6.45, 7) is 8.32. The predicted molar refractivity (Wildman–Crippen MR) is 129 cm³/mol. The summed E-state index contributed by atoms with van der Waals surface area (Å²) in [5.74, 6) is 0.308. The van der Waals surface area contributed by atoms with Gasteiger partial charge < -0.3 is 10.6 Å². The normalized spacial score (nSPS) is 12.2. The van der Waals surface area contributed by atoms with Gasteiger partial charge >= 0.3 is 0 Å². The number of pyridine rings is 1. The molecule has 7 heteroatoms. The SMILES string of the molecule is C[C@H](NC(=O)c1cccc(-c2ccc3nc(Nc4ccccc4C#N)nn3c2)c1)C(C)(C)C. The van der Waals surface area contributed by atoms with Crippen molar-refractivity contribution < 1.29 is 4.79 Å². The van der Waals surface area contributed by atoms with Gasteiger partial charge in [-0.3, -0.25) is 4.79 Å². The molecule has 0 radical (unpaired) electrons. The van der Waals surface area contributed by atoms with E-state index in [1.807, 2.05) is 67.7 Å². The molecule has 0 aliphatic carbocycles. The van der Waals surface area contributed by atoms with Crippen molar-refractivity contribution in [2.45, 2.75) is 33.7 Å². The van der Waals surface area contributed by atoms with Gasteiger partial charge in [-0.25, -0.2) is 4.52 Å². The Morgan fingerprint density at radius 3 is 2.61 bits per heavy atom. The fourth-order valence-corrected chi connectivity index (χ4v) is 3.25. The zero-order valence-corrected chi connectivity index (χ0v) is 19.1. The minimum absolute atomic E-state index is 0.0229. The van der Waals surface area contributed by atoms with Crippen LogP contribution in [0.25, 0.3) is 16.8 Å². The average molecular weight is 439 g/mol. The number of carbonyl (C=O) groups is 1. The van der Waals surface area contributed by atoms with Crippen LogP contribution in [0, 0.1) is 16.7 Å². The van der Waals surface area contributed by atoms with Crippen molar-refractivity contribution in [3.8, 4) is 17.2 Å². The highest BCUT2D eigenvalue weighted by Crippen LogP contribution is 2.24. The Hall–Kier alpha value is -4.18. The molecule has 0 unspecified atom stereocenters. The second-order valence-electron chi connectivity index (χ2n) is 9.08. The number of nitriles is 1. The third-order valence-electron chi connectivity index (χ3n) is 5.73. The molecule has 1 atom stereocenters. The molecule has 0 saturated heterocycles. The van der Waals surface area contributed by atoms with Crippen molar-refractivity contribution in [3.63, 3.8) is 0 Å². The van der Waals surface area contributed by atoms with Crippen LogP contribution in [0.4, 0.5) is 11.6 Å². The van der Waals surface area contributed by atoms with E-state index in [1.54, 1.807) is 10.6 Å². The van der Waals surface area contributed by atoms with Crippen LogP contribution < -0.4 is 10.6 Å². The van der Waals surface area contributed by atoms with E-state index in [-0.39, 0.29) is 17.4 Å². The van der Waals surface area contributed by atoms with Crippen LogP contribution in [0.15, 0.2) is 66.9 Å². The van der Waals surface area contributed by atoms with Gasteiger partial charge in [-0.15, -0.1) is 5.10 Å². The van der Waals surface area contributed by atoms with Gasteiger partial charge in [0.15, 0.2) is 5.65 Å². The molecule has 33 heavy (non-hydrogen) atoms. The molecule has 0 spiro atoms. The second-order valence-corrected chi connectivity index (χ2v) is 9.08. The van der Waals surface area contributed by atoms with Gasteiger partial charge in [0.25, 0.3) is 5.91 Å². The smallest absolute Gasteiger partial charge is 0.251 e. The maximum absolute atomic E-state index is 12.8. The highest BCUT2D eigenvalue weighted by molar-refractivity contribution is 5.95. The number of carbonyl (C=O) groups excluding carboxylic acids is 1. The standard InChI is InChI=1S/C26H26N6O/c1-17(26(2,3)4)28-24(33)19-10-7-9-18(14-19)21-12-13-23-30-25(31-32(23)16-21)29-22-11-6-5-8-20(22)15-27/h5-14,16-17H,1-4H3,(H,28,33)(H,29,31)/t17-/m0/s1. The van der Waals surface area contributed by atoms with Crippen LogP contribution in [-0.4, -0.2) is 26.5 Å². The van der Waals surface area contributed by atoms with Crippen LogP contribution in [0.1, 0.15) is 43.6 Å². The van der Waals surface area contributed by atoms with Gasteiger partial charge in [0.1, 0.15) is 6.07 Å². The topological polar surface area (TPSA) is 95.1 Å². The van der Waals surface area contributed by atoms with Crippen LogP contribution in [0.5, 0.6) is 0 Å². The van der Waals surface area contributed by atoms with Gasteiger partial charge in [-0.05, 0) is 54.3 Å². The van der Waals surface area contributed by atoms with E-state index in [4.69, 9.17) is 0 Å². The predicted octanol–water partition coefficient (Wildman–Crippen LogP) is 5.18. The summed E-state index contributed by atoms with van der Waals surface area (Å²) in [6.07, 6.45) is 1.87. The summed E-state index contributed by atoms with van der Waals surface area (Å²) in [5, 5.41) is 20.0. The highest BCUT2D eigenvalue weighted by atomic mass is 16.1. The minimum atomic E-state index is -0.0937. The van der Waals surface area contributed by atoms with E-state index in [0.717, 1.165) is 11.1 Å². The number of rotatable bonds is 5. The molecule has 0 aliphatic heterocycles. The van der Waals surface area contributed by atoms with E-state index >= 15 is 0 Å². The molecule has 0 fully saturated rings. The number of anilines is 2. The number of aromatic nitrogens is 3. The first-order chi connectivity index (χ1) is 15.7. The number of nitrogens with zero attached hydrogens (tertiary/aromatic N) is 4. The van der Waals surface area contributed by atoms with Gasteiger partial charge in [-0.1, -0.05) is 45.0 Å². The molecule has 1 amide bonds. The van der Waals surface area contributed by atoms with Crippen molar-refractivity contribution >= 4 is 23.2 Å². The molecule has 2 aromatic heterocycles. The van der Waals surface area contributed by atoms with E-state index in [2.05, 4.69) is 47.6 Å². The second kappa shape index (κ2) is 8.75. The van der Waals surface area contributed by atoms with Crippen molar-refractivity contribution in [2.75, 3.05) is 5.32 Å². The first kappa shape index (κ1) is 22.0. The molecule has 0 bridgehead atoms. The van der Waals surface area contributed by atoms with Crippen LogP contribution in [0.2, 0.25) is 0 Å². The third kappa shape index (κ3) is 4.85. The Morgan fingerprint density at radius 1 is 1.06 bits per heavy atom. The number of hydrogen-bond donors (Lipinski definition) is 2. The summed E-state index contributed by atoms with van der Waals surface area (Å²) in [6, 6.07) is 20.8. The van der Waals surface area contributed by atoms with Crippen molar-refractivity contribution in [3.05, 3.63) is 78.0 Å². The Balaban J connectivity index is 1.59. The molecule has 2 N–H and O–H groups in total. The number of benzene rings is 2. The quantitative estimate of drug-likeness (QED) is 0.448. The van der Waals surface area contributed by atoms with Crippen LogP contribution in [-0.2, 0) is 0 Å². The molecule has 0 aliphatic rings. The Morgan fingerprint density at radius 2 is 1.85 bits per heavy atom. The highest BCUT2D eigenvalue weighted by Gasteiger charge is 2.22. The molecular weight excluding hydrogens is 412 g/mol. The lowest BCUT2D eigenvalue weighted by atomic mass is 9.88. The van der Waals surface area contributed by atoms with E-state index in [9.17, 15) is 10.1 Å². The zero-order valence-electron chi connectivity index (χ0n) is 19.1. The number of hydrogen-bond acceptors (Lipinski definition) is 5. The molecule has 2 aromatic carbocycles. The Labute approximate surface area is 193 Å². The minimum Gasteiger partial charge on any atom is -0.349 e. The lowest BCUT2D eigenvalue weighted by molar-refractivity contribution is 0.0910. The first-order valence-electron chi connectivity index (χ1n) is 10.8. The van der Waals surface area contributed by atoms with Crippen molar-refractivity contribution in [1.82, 2.24) is 19.9 Å². The maximum Gasteiger partial charge on any atom is 0.251 e. The molecule has 166 valence electrons. The third-order valence-corrected chi connectivity index (χ3v) is 5.73. The average Bonchev–Trinajstić information content (AvgIpc) is 3.20. The summed E-state index contributed by atoms with van der Waals surface area (Å²) < 4.78 is 1.68. The molecule has 0 saturated carbocycles. The number of para-hydroxylation sites is 1. The van der Waals surface area contributed by atoms with Gasteiger partial charge in [0, 0.05) is 23.4 Å². The van der Waals surface area contributed by atoms with E-state index < -0.39 is 0 Å². The Kier molecular flexibility index (Phi) is 5.84. The van der Waals surface area contributed by atoms with Crippen molar-refractivity contribution in [1.29, 1.82) is 5.26 Å². The molecule has 4 aromatic rings. The van der Waals surface area contributed by atoms with E-state index in [1.165, 1.54) is 0 Å². The zero-order chi connectivity index (χ0) is 23.6. The Bertz CT molecular complexity index is 1360. The number of amides is 1. The molecule has 4 rings (SSSR count). The lowest BCUT2D eigenvalue weighted by Gasteiger charge is -2.28. The lowest BCUT2D eigenvalue weighted by Crippen LogP contribution is -2.41. The molecule has 7 nitrogen and oxygen atoms in total. The van der Waals surface area contributed by atoms with Crippen molar-refractivity contribution in [2.24, 2.45) is 5.41 Å². The molecular formula is C26H26N6O. The fourth-order valence-electron chi connectivity index (χ4n) is 3.25. The summed E-state index contributed by atoms with van der Waals surface area (Å²) in [7, 11) is 0. The fraction of sp³-hybridized carbons (Fsp3) is 0.231. The largest absolute Gasteiger partial charge is 0.349 e. The van der Waals surface area contributed by atoms with Crippen LogP contribution >= 0.6 is 0 Å².